The molecule has 0 spiro atoms. The molecule has 1 aliphatic carbocycles. The Kier molecular flexibility index (Phi) is 7.59. The first-order chi connectivity index (χ1) is 9.52. The molecular formula is C15H29N3O2. The van der Waals surface area contributed by atoms with Gasteiger partial charge >= 0.3 is 0 Å². The molecule has 2 unspecified atom stereocenters. The third-order valence-electron chi connectivity index (χ3n) is 3.97. The highest BCUT2D eigenvalue weighted by atomic mass is 16.2. The average Bonchev–Trinajstić information content (AvgIpc) is 2.42. The van der Waals surface area contributed by atoms with Crippen LogP contribution in [-0.4, -0.2) is 42.9 Å². The van der Waals surface area contributed by atoms with Crippen molar-refractivity contribution in [2.75, 3.05) is 20.1 Å². The minimum Gasteiger partial charge on any atom is -0.355 e. The molecule has 0 aromatic heterocycles. The number of amides is 2. The zero-order valence-corrected chi connectivity index (χ0v) is 12.9. The van der Waals surface area contributed by atoms with E-state index in [9.17, 15) is 9.59 Å². The lowest BCUT2D eigenvalue weighted by Crippen LogP contribution is -2.38. The van der Waals surface area contributed by atoms with Gasteiger partial charge in [0.25, 0.3) is 0 Å². The second-order valence-corrected chi connectivity index (χ2v) is 5.93. The Bertz CT molecular complexity index is 320. The summed E-state index contributed by atoms with van der Waals surface area (Å²) in [7, 11) is 1.69. The molecular weight excluding hydrogens is 254 g/mol. The molecule has 0 aliphatic heterocycles. The second kappa shape index (κ2) is 8.95. The highest BCUT2D eigenvalue weighted by Gasteiger charge is 2.21. The van der Waals surface area contributed by atoms with E-state index in [0.717, 1.165) is 25.7 Å². The zero-order valence-electron chi connectivity index (χ0n) is 12.9. The van der Waals surface area contributed by atoms with Crippen LogP contribution in [0.3, 0.4) is 0 Å². The van der Waals surface area contributed by atoms with E-state index in [2.05, 4.69) is 5.32 Å². The number of rotatable bonds is 7. The quantitative estimate of drug-likeness (QED) is 0.739. The molecule has 116 valence electrons. The molecule has 1 aliphatic rings. The van der Waals surface area contributed by atoms with E-state index in [1.54, 1.807) is 7.05 Å². The lowest BCUT2D eigenvalue weighted by atomic mass is 9.83. The van der Waals surface area contributed by atoms with Crippen molar-refractivity contribution in [3.63, 3.8) is 0 Å². The Hall–Kier alpha value is -1.10. The smallest absolute Gasteiger partial charge is 0.239 e. The van der Waals surface area contributed by atoms with Gasteiger partial charge in [0.1, 0.15) is 0 Å². The van der Waals surface area contributed by atoms with Crippen LogP contribution in [0.5, 0.6) is 0 Å². The Morgan fingerprint density at radius 3 is 2.75 bits per heavy atom. The van der Waals surface area contributed by atoms with Gasteiger partial charge < -0.3 is 16.0 Å². The summed E-state index contributed by atoms with van der Waals surface area (Å²) in [4.78, 5) is 25.1. The second-order valence-electron chi connectivity index (χ2n) is 5.93. The van der Waals surface area contributed by atoms with Gasteiger partial charge in [0.15, 0.2) is 0 Å². The lowest BCUT2D eigenvalue weighted by molar-refractivity contribution is -0.135. The van der Waals surface area contributed by atoms with Crippen molar-refractivity contribution >= 4 is 11.8 Å². The van der Waals surface area contributed by atoms with Gasteiger partial charge in [0, 0.05) is 26.1 Å². The van der Waals surface area contributed by atoms with Crippen molar-refractivity contribution in [2.24, 2.45) is 11.7 Å². The van der Waals surface area contributed by atoms with Gasteiger partial charge in [-0.15, -0.1) is 0 Å². The first-order valence-corrected chi connectivity index (χ1v) is 7.79. The van der Waals surface area contributed by atoms with Crippen molar-refractivity contribution in [3.8, 4) is 0 Å². The number of hydrogen-bond donors (Lipinski definition) is 2. The molecule has 0 aromatic carbocycles. The van der Waals surface area contributed by atoms with Crippen molar-refractivity contribution in [3.05, 3.63) is 0 Å². The number of nitrogens with two attached hydrogens (primary N) is 1. The maximum absolute atomic E-state index is 12.0. The minimum atomic E-state index is -0.0811. The third kappa shape index (κ3) is 6.37. The molecule has 0 radical (unpaired) electrons. The third-order valence-corrected chi connectivity index (χ3v) is 3.97. The lowest BCUT2D eigenvalue weighted by Gasteiger charge is -2.27. The molecule has 0 saturated heterocycles. The fraction of sp³-hybridized carbons (Fsp3) is 0.867. The maximum atomic E-state index is 12.0. The predicted octanol–water partition coefficient (Wildman–Crippen LogP) is 1.27. The number of nitrogens with one attached hydrogen (secondary N) is 1. The maximum Gasteiger partial charge on any atom is 0.239 e. The average molecular weight is 283 g/mol. The van der Waals surface area contributed by atoms with E-state index < -0.39 is 0 Å². The molecule has 5 nitrogen and oxygen atoms in total. The van der Waals surface area contributed by atoms with Gasteiger partial charge in [-0.05, 0) is 31.6 Å². The number of carbonyl (C=O) groups is 2. The van der Waals surface area contributed by atoms with Crippen LogP contribution >= 0.6 is 0 Å². The normalized spacial score (nSPS) is 22.4. The number of likely N-dealkylation sites (N-methyl/N-ethyl adjacent to an activating group) is 1. The Morgan fingerprint density at radius 1 is 1.35 bits per heavy atom. The fourth-order valence-corrected chi connectivity index (χ4v) is 2.74. The van der Waals surface area contributed by atoms with Gasteiger partial charge in [-0.2, -0.15) is 0 Å². The number of hydrogen-bond acceptors (Lipinski definition) is 3. The van der Waals surface area contributed by atoms with Gasteiger partial charge in [0.05, 0.1) is 6.54 Å². The molecule has 1 fully saturated rings. The van der Waals surface area contributed by atoms with Crippen molar-refractivity contribution in [2.45, 2.75) is 57.9 Å². The first-order valence-electron chi connectivity index (χ1n) is 7.79. The number of carbonyl (C=O) groups excluding carboxylic acids is 2. The number of nitrogens with zero attached hydrogens (tertiary/aromatic N) is 1. The highest BCUT2D eigenvalue weighted by Crippen LogP contribution is 2.26. The summed E-state index contributed by atoms with van der Waals surface area (Å²) < 4.78 is 0. The molecule has 1 saturated carbocycles. The first kappa shape index (κ1) is 17.0. The summed E-state index contributed by atoms with van der Waals surface area (Å²) >= 11 is 0. The Labute approximate surface area is 122 Å². The molecule has 0 bridgehead atoms. The molecule has 2 atom stereocenters. The monoisotopic (exact) mass is 283 g/mol. The van der Waals surface area contributed by atoms with Crippen molar-refractivity contribution < 1.29 is 9.59 Å². The van der Waals surface area contributed by atoms with Crippen molar-refractivity contribution in [1.29, 1.82) is 0 Å². The van der Waals surface area contributed by atoms with E-state index in [0.29, 0.717) is 24.9 Å². The van der Waals surface area contributed by atoms with Crippen LogP contribution in [0.4, 0.5) is 0 Å². The summed E-state index contributed by atoms with van der Waals surface area (Å²) in [6.45, 7) is 2.83. The van der Waals surface area contributed by atoms with Crippen LogP contribution in [0.25, 0.3) is 0 Å². The molecule has 3 N–H and O–H groups in total. The van der Waals surface area contributed by atoms with Gasteiger partial charge in [-0.25, -0.2) is 0 Å². The van der Waals surface area contributed by atoms with Crippen LogP contribution in [0.1, 0.15) is 51.9 Å². The summed E-state index contributed by atoms with van der Waals surface area (Å²) in [5.41, 5.74) is 5.96. The zero-order chi connectivity index (χ0) is 15.0. The summed E-state index contributed by atoms with van der Waals surface area (Å²) in [5.74, 6) is 0.545. The van der Waals surface area contributed by atoms with E-state index in [1.807, 2.05) is 6.92 Å². The largest absolute Gasteiger partial charge is 0.355 e. The topological polar surface area (TPSA) is 75.4 Å². The van der Waals surface area contributed by atoms with E-state index in [1.165, 1.54) is 17.7 Å². The molecule has 1 rings (SSSR count). The Morgan fingerprint density at radius 2 is 2.10 bits per heavy atom. The van der Waals surface area contributed by atoms with E-state index in [-0.39, 0.29) is 18.4 Å². The predicted molar refractivity (Wildman–Crippen MR) is 80.1 cm³/mol. The van der Waals surface area contributed by atoms with Gasteiger partial charge in [-0.3, -0.25) is 9.59 Å². The van der Waals surface area contributed by atoms with Gasteiger partial charge in [-0.1, -0.05) is 19.8 Å². The molecule has 2 amide bonds. The van der Waals surface area contributed by atoms with Crippen LogP contribution < -0.4 is 11.1 Å². The molecule has 0 heterocycles. The highest BCUT2D eigenvalue weighted by molar-refractivity contribution is 5.84. The summed E-state index contributed by atoms with van der Waals surface area (Å²) in [6.07, 6.45) is 6.83. The van der Waals surface area contributed by atoms with Crippen LogP contribution in [0.2, 0.25) is 0 Å². The fourth-order valence-electron chi connectivity index (χ4n) is 2.74. The molecule has 5 heteroatoms. The van der Waals surface area contributed by atoms with E-state index >= 15 is 0 Å². The van der Waals surface area contributed by atoms with Crippen LogP contribution in [-0.2, 0) is 9.59 Å². The van der Waals surface area contributed by atoms with Crippen LogP contribution in [0.15, 0.2) is 0 Å². The Balaban J connectivity index is 2.22. The van der Waals surface area contributed by atoms with Crippen LogP contribution in [0, 0.1) is 5.92 Å². The molecule has 0 aromatic rings. The molecule has 20 heavy (non-hydrogen) atoms. The summed E-state index contributed by atoms with van der Waals surface area (Å²) in [6, 6.07) is 0.307. The SMILES string of the molecule is CCCNC(=O)CN(C)C(=O)CCC1CCCC(N)C1. The van der Waals surface area contributed by atoms with Gasteiger partial charge in [0.2, 0.25) is 11.8 Å². The van der Waals surface area contributed by atoms with Crippen molar-refractivity contribution in [1.82, 2.24) is 10.2 Å². The minimum absolute atomic E-state index is 0.0517. The summed E-state index contributed by atoms with van der Waals surface area (Å²) in [5, 5.41) is 2.78. The standard InChI is InChI=1S/C15H29N3O2/c1-3-9-17-14(19)11-18(2)15(20)8-7-12-5-4-6-13(16)10-12/h12-13H,3-11,16H2,1-2H3,(H,17,19). The van der Waals surface area contributed by atoms with E-state index in [4.69, 9.17) is 5.73 Å².